The molecular formula is C10H15F3N2O6. The number of esters is 1. The van der Waals surface area contributed by atoms with Gasteiger partial charge in [-0.25, -0.2) is 9.86 Å². The fourth-order valence-electron chi connectivity index (χ4n) is 0.665. The van der Waals surface area contributed by atoms with Crippen molar-refractivity contribution in [1.82, 2.24) is 5.06 Å². The Hall–Kier alpha value is -2.14. The molecule has 0 aromatic carbocycles. The lowest BCUT2D eigenvalue weighted by Gasteiger charge is -2.10. The van der Waals surface area contributed by atoms with Crippen LogP contribution in [0, 0.1) is 0 Å². The van der Waals surface area contributed by atoms with Crippen LogP contribution in [0.1, 0.15) is 6.42 Å². The van der Waals surface area contributed by atoms with Crippen molar-refractivity contribution in [3.05, 3.63) is 12.2 Å². The van der Waals surface area contributed by atoms with Gasteiger partial charge in [0.25, 0.3) is 5.91 Å². The van der Waals surface area contributed by atoms with Crippen molar-refractivity contribution in [2.45, 2.75) is 12.6 Å². The molecule has 0 rings (SSSR count). The van der Waals surface area contributed by atoms with Gasteiger partial charge >= 0.3 is 12.1 Å². The minimum Gasteiger partial charge on any atom is -0.542 e. The van der Waals surface area contributed by atoms with E-state index in [1.54, 1.807) is 0 Å². The molecule has 1 amide bonds. The van der Waals surface area contributed by atoms with Crippen molar-refractivity contribution < 1.29 is 48.3 Å². The van der Waals surface area contributed by atoms with Gasteiger partial charge in [-0.2, -0.15) is 13.2 Å². The van der Waals surface area contributed by atoms with Gasteiger partial charge in [0.1, 0.15) is 5.97 Å². The Kier molecular flexibility index (Phi) is 10.7. The molecule has 0 atom stereocenters. The third-order valence-corrected chi connectivity index (χ3v) is 1.67. The topological polar surface area (TPSA) is 135 Å². The van der Waals surface area contributed by atoms with Gasteiger partial charge < -0.3 is 20.4 Å². The largest absolute Gasteiger partial charge is 0.542 e. The molecule has 122 valence electrons. The number of methoxy groups -OCH3 is 1. The number of carboxylic acids is 1. The smallest absolute Gasteiger partial charge is 0.430 e. The molecule has 0 aliphatic rings. The Morgan fingerprint density at radius 2 is 1.81 bits per heavy atom. The summed E-state index contributed by atoms with van der Waals surface area (Å²) < 4.78 is 35.8. The van der Waals surface area contributed by atoms with Crippen LogP contribution in [0.5, 0.6) is 0 Å². The molecule has 0 saturated heterocycles. The van der Waals surface area contributed by atoms with E-state index in [0.29, 0.717) is 18.0 Å². The highest BCUT2D eigenvalue weighted by atomic mass is 19.4. The molecule has 0 aliphatic carbocycles. The summed E-state index contributed by atoms with van der Waals surface area (Å²) in [6.45, 7) is 0.832. The van der Waals surface area contributed by atoms with Gasteiger partial charge in [0.2, 0.25) is 0 Å². The molecule has 21 heavy (non-hydrogen) atoms. The highest BCUT2D eigenvalue weighted by Crippen LogP contribution is 2.11. The van der Waals surface area contributed by atoms with Crippen LogP contribution in [0.2, 0.25) is 0 Å². The predicted molar refractivity (Wildman–Crippen MR) is 58.1 cm³/mol. The van der Waals surface area contributed by atoms with E-state index in [2.05, 4.69) is 10.5 Å². The number of carbonyl (C=O) groups is 3. The second kappa shape index (κ2) is 10.6. The third-order valence-electron chi connectivity index (χ3n) is 1.67. The maximum absolute atomic E-state index is 11.0. The SMILES string of the molecule is COC(=O)/C=C/C(=O)N(O)CCC[NH3+].O=C([O-])C(F)(F)F. The van der Waals surface area contributed by atoms with E-state index in [1.807, 2.05) is 0 Å². The van der Waals surface area contributed by atoms with Crippen molar-refractivity contribution in [2.75, 3.05) is 20.2 Å². The lowest BCUT2D eigenvalue weighted by Crippen LogP contribution is -2.51. The molecule has 4 N–H and O–H groups in total. The molecule has 11 heteroatoms. The average Bonchev–Trinajstić information content (AvgIpc) is 2.41. The molecule has 0 aromatic heterocycles. The van der Waals surface area contributed by atoms with Crippen LogP contribution in [0.4, 0.5) is 13.2 Å². The van der Waals surface area contributed by atoms with E-state index in [-0.39, 0.29) is 6.54 Å². The van der Waals surface area contributed by atoms with E-state index < -0.39 is 24.0 Å². The van der Waals surface area contributed by atoms with E-state index >= 15 is 0 Å². The van der Waals surface area contributed by atoms with Gasteiger partial charge in [0.15, 0.2) is 0 Å². The molecule has 0 saturated carbocycles. The van der Waals surface area contributed by atoms with Crippen LogP contribution < -0.4 is 10.8 Å². The lowest BCUT2D eigenvalue weighted by molar-refractivity contribution is -0.369. The monoisotopic (exact) mass is 316 g/mol. The Labute approximate surface area is 117 Å². The molecule has 0 bridgehead atoms. The summed E-state index contributed by atoms with van der Waals surface area (Å²) in [7, 11) is 1.20. The highest BCUT2D eigenvalue weighted by Gasteiger charge is 2.28. The Morgan fingerprint density at radius 1 is 1.33 bits per heavy atom. The first-order chi connectivity index (χ1) is 9.56. The normalized spacial score (nSPS) is 10.6. The molecule has 0 unspecified atom stereocenters. The number of carbonyl (C=O) groups excluding carboxylic acids is 3. The van der Waals surface area contributed by atoms with Crippen LogP contribution in [0.25, 0.3) is 0 Å². The van der Waals surface area contributed by atoms with Crippen LogP contribution in [-0.2, 0) is 19.1 Å². The van der Waals surface area contributed by atoms with Gasteiger partial charge in [-0.15, -0.1) is 0 Å². The van der Waals surface area contributed by atoms with E-state index in [9.17, 15) is 22.8 Å². The van der Waals surface area contributed by atoms with Gasteiger partial charge in [-0.3, -0.25) is 10.0 Å². The zero-order valence-electron chi connectivity index (χ0n) is 11.1. The number of hydrogen-bond acceptors (Lipinski definition) is 6. The Balaban J connectivity index is 0. The van der Waals surface area contributed by atoms with Crippen LogP contribution in [0.3, 0.4) is 0 Å². The van der Waals surface area contributed by atoms with Gasteiger partial charge in [-0.05, 0) is 0 Å². The number of aliphatic carboxylic acids is 1. The average molecular weight is 316 g/mol. The van der Waals surface area contributed by atoms with Crippen molar-refractivity contribution in [1.29, 1.82) is 0 Å². The first-order valence-electron chi connectivity index (χ1n) is 5.40. The van der Waals surface area contributed by atoms with Crippen molar-refractivity contribution in [2.24, 2.45) is 0 Å². The number of quaternary nitrogens is 1. The number of hydrogen-bond donors (Lipinski definition) is 2. The van der Waals surface area contributed by atoms with Crippen LogP contribution in [-0.4, -0.2) is 54.5 Å². The van der Waals surface area contributed by atoms with E-state index in [1.165, 1.54) is 7.11 Å². The maximum Gasteiger partial charge on any atom is 0.430 e. The number of nitrogens with zero attached hydrogens (tertiary/aromatic N) is 1. The number of halogens is 3. The molecule has 0 fully saturated rings. The molecule has 8 nitrogen and oxygen atoms in total. The maximum atomic E-state index is 11.0. The van der Waals surface area contributed by atoms with Gasteiger partial charge in [-0.1, -0.05) is 0 Å². The summed E-state index contributed by atoms with van der Waals surface area (Å²) in [5.74, 6) is -4.29. The highest BCUT2D eigenvalue weighted by molar-refractivity contribution is 5.93. The first-order valence-corrected chi connectivity index (χ1v) is 5.40. The van der Waals surface area contributed by atoms with Gasteiger partial charge in [0.05, 0.1) is 20.2 Å². The van der Waals surface area contributed by atoms with Gasteiger partial charge in [0, 0.05) is 18.6 Å². The second-order valence-electron chi connectivity index (χ2n) is 3.31. The summed E-state index contributed by atoms with van der Waals surface area (Å²) in [4.78, 5) is 30.4. The molecular weight excluding hydrogens is 301 g/mol. The van der Waals surface area contributed by atoms with Crippen molar-refractivity contribution in [3.8, 4) is 0 Å². The summed E-state index contributed by atoms with van der Waals surface area (Å²) in [5.41, 5.74) is 3.56. The van der Waals surface area contributed by atoms with E-state index in [0.717, 1.165) is 12.2 Å². The second-order valence-corrected chi connectivity index (χ2v) is 3.31. The zero-order valence-corrected chi connectivity index (χ0v) is 11.1. The Bertz CT molecular complexity index is 383. The van der Waals surface area contributed by atoms with Crippen molar-refractivity contribution in [3.63, 3.8) is 0 Å². The summed E-state index contributed by atoms with van der Waals surface area (Å²) in [6, 6.07) is 0. The first kappa shape index (κ1) is 21.2. The number of rotatable bonds is 5. The molecule has 0 aromatic rings. The number of amides is 1. The fraction of sp³-hybridized carbons (Fsp3) is 0.500. The quantitative estimate of drug-likeness (QED) is 0.257. The molecule has 0 spiro atoms. The summed E-state index contributed by atoms with van der Waals surface area (Å²) in [6.07, 6.45) is -2.68. The number of carboxylic acid groups (broad SMARTS) is 1. The lowest BCUT2D eigenvalue weighted by atomic mass is 10.4. The minimum atomic E-state index is -5.19. The summed E-state index contributed by atoms with van der Waals surface area (Å²) >= 11 is 0. The number of alkyl halides is 3. The van der Waals surface area contributed by atoms with Crippen LogP contribution >= 0.6 is 0 Å². The Morgan fingerprint density at radius 3 is 2.14 bits per heavy atom. The number of ether oxygens (including phenoxy) is 1. The number of hydroxylamine groups is 2. The standard InChI is InChI=1S/C8H14N2O4.C2HF3O2/c1-14-8(12)4-3-7(11)10(13)6-2-5-9;3-2(4,5)1(6)7/h3-4,13H,2,5-6,9H2,1H3;(H,6,7)/b4-3+;. The molecule has 0 radical (unpaired) electrons. The predicted octanol–water partition coefficient (Wildman–Crippen LogP) is -2.14. The minimum absolute atomic E-state index is 0.202. The molecule has 0 aliphatic heterocycles. The third kappa shape index (κ3) is 12.6. The zero-order chi connectivity index (χ0) is 17.1. The summed E-state index contributed by atoms with van der Waals surface area (Å²) in [5, 5.41) is 18.4. The molecule has 0 heterocycles. The van der Waals surface area contributed by atoms with Crippen LogP contribution in [0.15, 0.2) is 12.2 Å². The van der Waals surface area contributed by atoms with E-state index in [4.69, 9.17) is 15.1 Å². The van der Waals surface area contributed by atoms with Crippen molar-refractivity contribution >= 4 is 17.8 Å². The fourth-order valence-corrected chi connectivity index (χ4v) is 0.665.